The van der Waals surface area contributed by atoms with Gasteiger partial charge < -0.3 is 15.4 Å². The number of rotatable bonds is 6. The van der Waals surface area contributed by atoms with E-state index in [-0.39, 0.29) is 21.7 Å². The fourth-order valence-corrected chi connectivity index (χ4v) is 3.65. The van der Waals surface area contributed by atoms with Crippen LogP contribution >= 0.6 is 23.2 Å². The maximum Gasteiger partial charge on any atom is 0.239 e. The second kappa shape index (κ2) is 8.37. The molecule has 0 amide bonds. The van der Waals surface area contributed by atoms with Crippen LogP contribution in [0.25, 0.3) is 0 Å². The zero-order valence-electron chi connectivity index (χ0n) is 14.8. The first-order valence-corrected chi connectivity index (χ1v) is 10.2. The third kappa shape index (κ3) is 5.04. The molecule has 8 nitrogen and oxygen atoms in total. The Morgan fingerprint density at radius 2 is 1.76 bits per heavy atom. The minimum absolute atomic E-state index is 0.0104. The number of ether oxygens (including phenoxy) is 1. The third-order valence-electron chi connectivity index (χ3n) is 3.65. The van der Waals surface area contributed by atoms with Crippen molar-refractivity contribution in [3.05, 3.63) is 58.5 Å². The lowest BCUT2D eigenvalue weighted by Gasteiger charge is -2.11. The summed E-state index contributed by atoms with van der Waals surface area (Å²) in [5.74, 6) is -0.347. The van der Waals surface area contributed by atoms with Crippen LogP contribution in [-0.2, 0) is 10.0 Å². The summed E-state index contributed by atoms with van der Waals surface area (Å²) in [6.45, 7) is 0. The Kier molecular flexibility index (Phi) is 6.08. The van der Waals surface area contributed by atoms with Crippen LogP contribution in [0.2, 0.25) is 10.0 Å². The van der Waals surface area contributed by atoms with Crippen molar-refractivity contribution in [3.8, 4) is 5.75 Å². The van der Waals surface area contributed by atoms with E-state index in [2.05, 4.69) is 20.6 Å². The van der Waals surface area contributed by atoms with Crippen molar-refractivity contribution in [1.82, 2.24) is 9.97 Å². The zero-order valence-corrected chi connectivity index (χ0v) is 17.1. The van der Waals surface area contributed by atoms with Crippen molar-refractivity contribution in [2.75, 3.05) is 17.7 Å². The van der Waals surface area contributed by atoms with Gasteiger partial charge in [0.15, 0.2) is 11.6 Å². The van der Waals surface area contributed by atoms with Gasteiger partial charge in [0.1, 0.15) is 10.6 Å². The smallest absolute Gasteiger partial charge is 0.239 e. The average Bonchev–Trinajstić information content (AvgIpc) is 2.65. The highest BCUT2D eigenvalue weighted by Gasteiger charge is 2.15. The maximum absolute atomic E-state index is 14.1. The van der Waals surface area contributed by atoms with Crippen LogP contribution in [0, 0.1) is 5.82 Å². The molecule has 0 unspecified atom stereocenters. The summed E-state index contributed by atoms with van der Waals surface area (Å²) in [6, 6.07) is 8.88. The van der Waals surface area contributed by atoms with Crippen LogP contribution in [0.5, 0.6) is 5.75 Å². The van der Waals surface area contributed by atoms with Crippen molar-refractivity contribution in [2.45, 2.75) is 4.90 Å². The van der Waals surface area contributed by atoms with Crippen LogP contribution in [-0.4, -0.2) is 25.5 Å². The van der Waals surface area contributed by atoms with E-state index in [1.165, 1.54) is 25.3 Å². The molecule has 152 valence electrons. The predicted molar refractivity (Wildman–Crippen MR) is 109 cm³/mol. The molecular weight excluding hydrogens is 444 g/mol. The minimum Gasteiger partial charge on any atom is -0.495 e. The molecule has 3 aromatic rings. The lowest BCUT2D eigenvalue weighted by atomic mass is 10.3. The van der Waals surface area contributed by atoms with Gasteiger partial charge in [-0.3, -0.25) is 0 Å². The molecule has 0 aliphatic heterocycles. The molecule has 1 heterocycles. The molecule has 0 radical (unpaired) electrons. The Morgan fingerprint density at radius 3 is 2.41 bits per heavy atom. The number of hydrogen-bond donors (Lipinski definition) is 3. The number of anilines is 4. The summed E-state index contributed by atoms with van der Waals surface area (Å²) in [4.78, 5) is 7.62. The van der Waals surface area contributed by atoms with E-state index in [4.69, 9.17) is 33.1 Å². The van der Waals surface area contributed by atoms with Gasteiger partial charge >= 0.3 is 0 Å². The first-order valence-electron chi connectivity index (χ1n) is 7.90. The van der Waals surface area contributed by atoms with E-state index in [0.29, 0.717) is 22.1 Å². The Hall–Kier alpha value is -2.66. The molecule has 0 fully saturated rings. The summed E-state index contributed by atoms with van der Waals surface area (Å²) in [7, 11) is -2.54. The van der Waals surface area contributed by atoms with Crippen LogP contribution in [0.15, 0.2) is 47.5 Å². The summed E-state index contributed by atoms with van der Waals surface area (Å²) >= 11 is 11.9. The van der Waals surface area contributed by atoms with Gasteiger partial charge in [0.25, 0.3) is 0 Å². The number of halogens is 3. The Morgan fingerprint density at radius 1 is 1.07 bits per heavy atom. The van der Waals surface area contributed by atoms with Crippen molar-refractivity contribution in [2.24, 2.45) is 5.14 Å². The van der Waals surface area contributed by atoms with Crippen LogP contribution in [0.3, 0.4) is 0 Å². The molecule has 29 heavy (non-hydrogen) atoms. The largest absolute Gasteiger partial charge is 0.495 e. The molecule has 1 aromatic heterocycles. The highest BCUT2D eigenvalue weighted by molar-refractivity contribution is 7.89. The zero-order chi connectivity index (χ0) is 21.2. The molecule has 0 spiro atoms. The van der Waals surface area contributed by atoms with E-state index < -0.39 is 15.8 Å². The lowest BCUT2D eigenvalue weighted by Crippen LogP contribution is -2.13. The molecule has 0 atom stereocenters. The molecule has 12 heteroatoms. The normalized spacial score (nSPS) is 11.2. The van der Waals surface area contributed by atoms with E-state index in [1.807, 2.05) is 0 Å². The average molecular weight is 458 g/mol. The number of aromatic nitrogens is 2. The SMILES string of the molecule is COc1ccc(Nc2nc(Nc3ccc(Cl)c(S(N)(=O)=O)c3)ncc2F)cc1Cl. The molecule has 3 rings (SSSR count). The lowest BCUT2D eigenvalue weighted by molar-refractivity contribution is 0.415. The van der Waals surface area contributed by atoms with Crippen LogP contribution in [0.1, 0.15) is 0 Å². The monoisotopic (exact) mass is 457 g/mol. The van der Waals surface area contributed by atoms with E-state index in [9.17, 15) is 12.8 Å². The van der Waals surface area contributed by atoms with Gasteiger partial charge in [-0.15, -0.1) is 0 Å². The number of benzene rings is 2. The van der Waals surface area contributed by atoms with Gasteiger partial charge in [0, 0.05) is 11.4 Å². The van der Waals surface area contributed by atoms with Gasteiger partial charge in [0.2, 0.25) is 16.0 Å². The van der Waals surface area contributed by atoms with Gasteiger partial charge in [0.05, 0.1) is 23.4 Å². The molecule has 2 aromatic carbocycles. The van der Waals surface area contributed by atoms with E-state index in [1.54, 1.807) is 18.2 Å². The molecule has 0 saturated heterocycles. The molecule has 0 aliphatic rings. The number of nitrogens with two attached hydrogens (primary N) is 1. The molecule has 0 aliphatic carbocycles. The fourth-order valence-electron chi connectivity index (χ4n) is 2.32. The Labute approximate surface area is 175 Å². The van der Waals surface area contributed by atoms with Crippen LogP contribution in [0.4, 0.5) is 27.5 Å². The fraction of sp³-hybridized carbons (Fsp3) is 0.0588. The van der Waals surface area contributed by atoms with Gasteiger partial charge in [-0.2, -0.15) is 4.98 Å². The maximum atomic E-state index is 14.1. The first kappa shape index (κ1) is 21.1. The number of nitrogens with zero attached hydrogens (tertiary/aromatic N) is 2. The number of sulfonamides is 1. The minimum atomic E-state index is -4.02. The molecule has 0 bridgehead atoms. The molecule has 4 N–H and O–H groups in total. The van der Waals surface area contributed by atoms with Gasteiger partial charge in [-0.1, -0.05) is 23.2 Å². The van der Waals surface area contributed by atoms with Crippen molar-refractivity contribution in [1.29, 1.82) is 0 Å². The second-order valence-electron chi connectivity index (χ2n) is 5.68. The van der Waals surface area contributed by atoms with E-state index >= 15 is 0 Å². The van der Waals surface area contributed by atoms with Gasteiger partial charge in [-0.25, -0.2) is 22.9 Å². The quantitative estimate of drug-likeness (QED) is 0.510. The summed E-state index contributed by atoms with van der Waals surface area (Å²) in [6.07, 6.45) is 0.958. The van der Waals surface area contributed by atoms with Crippen molar-refractivity contribution in [3.63, 3.8) is 0 Å². The summed E-state index contributed by atoms with van der Waals surface area (Å²) in [5, 5.41) is 11.0. The second-order valence-corrected chi connectivity index (χ2v) is 8.02. The predicted octanol–water partition coefficient (Wildman–Crippen LogP) is 4.07. The summed E-state index contributed by atoms with van der Waals surface area (Å²) < 4.78 is 42.4. The molecular formula is C17H14Cl2FN5O3S. The Bertz CT molecular complexity index is 1180. The van der Waals surface area contributed by atoms with E-state index in [0.717, 1.165) is 6.20 Å². The van der Waals surface area contributed by atoms with Crippen molar-refractivity contribution >= 4 is 56.4 Å². The number of nitrogens with one attached hydrogen (secondary N) is 2. The Balaban J connectivity index is 1.87. The highest BCUT2D eigenvalue weighted by atomic mass is 35.5. The third-order valence-corrected chi connectivity index (χ3v) is 5.34. The summed E-state index contributed by atoms with van der Waals surface area (Å²) in [5.41, 5.74) is 0.769. The standard InChI is InChI=1S/C17H14Cl2FN5O3S/c1-28-14-5-3-9(6-12(14)19)23-16-13(20)8-22-17(25-16)24-10-2-4-11(18)15(7-10)29(21,26)27/h2-8H,1H3,(H2,21,26,27)(H2,22,23,24,25). The van der Waals surface area contributed by atoms with Gasteiger partial charge in [-0.05, 0) is 36.4 Å². The molecule has 0 saturated carbocycles. The van der Waals surface area contributed by atoms with Crippen molar-refractivity contribution < 1.29 is 17.5 Å². The number of methoxy groups -OCH3 is 1. The topological polar surface area (TPSA) is 119 Å². The number of hydrogen-bond acceptors (Lipinski definition) is 7. The highest BCUT2D eigenvalue weighted by Crippen LogP contribution is 2.30. The van der Waals surface area contributed by atoms with Crippen LogP contribution < -0.4 is 20.5 Å². The number of primary sulfonamides is 1. The first-order chi connectivity index (χ1) is 13.7.